The van der Waals surface area contributed by atoms with E-state index in [4.69, 9.17) is 4.74 Å². The Balaban J connectivity index is 1.92. The molecule has 2 aliphatic heterocycles. The Morgan fingerprint density at radius 1 is 1.35 bits per heavy atom. The maximum atomic E-state index is 11.9. The van der Waals surface area contributed by atoms with Crippen molar-refractivity contribution in [2.75, 3.05) is 13.1 Å². The van der Waals surface area contributed by atoms with E-state index in [0.717, 1.165) is 6.42 Å². The van der Waals surface area contributed by atoms with Gasteiger partial charge >= 0.3 is 12.1 Å². The zero-order chi connectivity index (χ0) is 12.6. The molecule has 2 aliphatic rings. The Hall–Kier alpha value is -1.46. The van der Waals surface area contributed by atoms with Gasteiger partial charge in [-0.05, 0) is 27.2 Å². The molecule has 0 radical (unpaired) electrons. The van der Waals surface area contributed by atoms with Crippen molar-refractivity contribution in [1.82, 2.24) is 15.5 Å². The van der Waals surface area contributed by atoms with Crippen LogP contribution in [0.5, 0.6) is 0 Å². The number of rotatable bonds is 0. The molecule has 96 valence electrons. The summed E-state index contributed by atoms with van der Waals surface area (Å²) in [7, 11) is 0. The van der Waals surface area contributed by atoms with E-state index in [-0.39, 0.29) is 24.2 Å². The average Bonchev–Trinajstić information content (AvgIpc) is 2.53. The number of likely N-dealkylation sites (tertiary alicyclic amines) is 1. The minimum Gasteiger partial charge on any atom is -0.444 e. The lowest BCUT2D eigenvalue weighted by Gasteiger charge is -2.34. The second-order valence-corrected chi connectivity index (χ2v) is 5.55. The molecule has 0 aliphatic carbocycles. The summed E-state index contributed by atoms with van der Waals surface area (Å²) in [4.78, 5) is 24.7. The van der Waals surface area contributed by atoms with E-state index in [1.54, 1.807) is 4.90 Å². The number of hydrogen-bond donors (Lipinski definition) is 2. The van der Waals surface area contributed by atoms with Gasteiger partial charge in [0.25, 0.3) is 0 Å². The molecule has 2 heterocycles. The normalized spacial score (nSPS) is 28.2. The van der Waals surface area contributed by atoms with Crippen molar-refractivity contribution in [2.24, 2.45) is 0 Å². The largest absolute Gasteiger partial charge is 0.444 e. The zero-order valence-electron chi connectivity index (χ0n) is 10.4. The van der Waals surface area contributed by atoms with Crippen LogP contribution in [0.3, 0.4) is 0 Å². The topological polar surface area (TPSA) is 70.7 Å². The maximum Gasteiger partial charge on any atom is 0.410 e. The van der Waals surface area contributed by atoms with Crippen molar-refractivity contribution >= 4 is 12.1 Å². The van der Waals surface area contributed by atoms with E-state index in [0.29, 0.717) is 13.1 Å². The first-order chi connectivity index (χ1) is 7.85. The molecule has 2 fully saturated rings. The monoisotopic (exact) mass is 241 g/mol. The van der Waals surface area contributed by atoms with Gasteiger partial charge in [0.15, 0.2) is 0 Å². The summed E-state index contributed by atoms with van der Waals surface area (Å²) in [6.45, 7) is 6.67. The summed E-state index contributed by atoms with van der Waals surface area (Å²) in [6.07, 6.45) is 0.458. The van der Waals surface area contributed by atoms with Gasteiger partial charge in [-0.1, -0.05) is 0 Å². The van der Waals surface area contributed by atoms with Crippen molar-refractivity contribution in [3.05, 3.63) is 0 Å². The highest BCUT2D eigenvalue weighted by molar-refractivity contribution is 5.78. The van der Waals surface area contributed by atoms with Gasteiger partial charge in [0, 0.05) is 13.1 Å². The summed E-state index contributed by atoms with van der Waals surface area (Å²) in [5.41, 5.74) is -0.481. The van der Waals surface area contributed by atoms with Crippen LogP contribution >= 0.6 is 0 Å². The van der Waals surface area contributed by atoms with Crippen molar-refractivity contribution < 1.29 is 14.3 Å². The van der Waals surface area contributed by atoms with E-state index in [1.807, 2.05) is 20.8 Å². The number of carbonyl (C=O) groups is 2. The predicted octanol–water partition coefficient (Wildman–Crippen LogP) is 0.677. The highest BCUT2D eigenvalue weighted by atomic mass is 16.6. The fraction of sp³-hybridized carbons (Fsp3) is 0.818. The van der Waals surface area contributed by atoms with Gasteiger partial charge in [-0.25, -0.2) is 9.59 Å². The van der Waals surface area contributed by atoms with Crippen molar-refractivity contribution in [1.29, 1.82) is 0 Å². The fourth-order valence-electron chi connectivity index (χ4n) is 2.14. The van der Waals surface area contributed by atoms with Crippen molar-refractivity contribution in [3.63, 3.8) is 0 Å². The molecule has 2 saturated heterocycles. The Morgan fingerprint density at radius 3 is 2.65 bits per heavy atom. The van der Waals surface area contributed by atoms with Gasteiger partial charge in [-0.2, -0.15) is 0 Å². The Bertz CT molecular complexity index is 337. The van der Waals surface area contributed by atoms with Gasteiger partial charge < -0.3 is 20.3 Å². The number of carbonyl (C=O) groups excluding carboxylic acids is 2. The maximum absolute atomic E-state index is 11.9. The van der Waals surface area contributed by atoms with Gasteiger partial charge in [0.05, 0.1) is 12.1 Å². The quantitative estimate of drug-likeness (QED) is 0.655. The molecule has 2 unspecified atom stereocenters. The summed E-state index contributed by atoms with van der Waals surface area (Å²) in [5.74, 6) is 0. The van der Waals surface area contributed by atoms with Gasteiger partial charge in [0.1, 0.15) is 5.60 Å². The van der Waals surface area contributed by atoms with Crippen molar-refractivity contribution in [2.45, 2.75) is 44.9 Å². The van der Waals surface area contributed by atoms with Gasteiger partial charge in [0.2, 0.25) is 0 Å². The molecule has 0 aromatic carbocycles. The lowest BCUT2D eigenvalue weighted by molar-refractivity contribution is 0.0185. The Kier molecular flexibility index (Phi) is 2.89. The zero-order valence-corrected chi connectivity index (χ0v) is 10.4. The minimum absolute atomic E-state index is 0.00349. The van der Waals surface area contributed by atoms with E-state index < -0.39 is 5.60 Å². The number of fused-ring (bicyclic) bond motifs is 1. The van der Waals surface area contributed by atoms with Crippen LogP contribution in [0.4, 0.5) is 9.59 Å². The number of urea groups is 1. The molecule has 17 heavy (non-hydrogen) atoms. The molecule has 2 atom stereocenters. The Morgan fingerprint density at radius 2 is 2.00 bits per heavy atom. The van der Waals surface area contributed by atoms with Crippen molar-refractivity contribution in [3.8, 4) is 0 Å². The summed E-state index contributed by atoms with van der Waals surface area (Å²) >= 11 is 0. The number of nitrogens with zero attached hydrogens (tertiary/aromatic N) is 1. The number of piperidine rings is 1. The second kappa shape index (κ2) is 4.09. The first kappa shape index (κ1) is 12.0. The average molecular weight is 241 g/mol. The number of amides is 3. The summed E-state index contributed by atoms with van der Waals surface area (Å²) < 4.78 is 5.31. The van der Waals surface area contributed by atoms with E-state index in [1.165, 1.54) is 0 Å². The van der Waals surface area contributed by atoms with Gasteiger partial charge in [-0.3, -0.25) is 0 Å². The molecular formula is C11H19N3O3. The molecule has 2 N–H and O–H groups in total. The van der Waals surface area contributed by atoms with E-state index in [2.05, 4.69) is 10.6 Å². The van der Waals surface area contributed by atoms with Crippen LogP contribution in [-0.2, 0) is 4.74 Å². The van der Waals surface area contributed by atoms with Crippen LogP contribution in [0, 0.1) is 0 Å². The van der Waals surface area contributed by atoms with Crippen LogP contribution in [0.15, 0.2) is 0 Å². The highest BCUT2D eigenvalue weighted by Gasteiger charge is 2.38. The highest BCUT2D eigenvalue weighted by Crippen LogP contribution is 2.18. The molecule has 6 nitrogen and oxygen atoms in total. The molecule has 6 heteroatoms. The van der Waals surface area contributed by atoms with Crippen LogP contribution < -0.4 is 10.6 Å². The first-order valence-corrected chi connectivity index (χ1v) is 5.90. The molecule has 2 rings (SSSR count). The van der Waals surface area contributed by atoms with Crippen LogP contribution in [0.1, 0.15) is 27.2 Å². The molecule has 3 amide bonds. The molecule has 0 saturated carbocycles. The minimum atomic E-state index is -0.481. The molecular weight excluding hydrogens is 222 g/mol. The number of hydrogen-bond acceptors (Lipinski definition) is 3. The molecule has 0 aromatic rings. The third kappa shape index (κ3) is 2.81. The first-order valence-electron chi connectivity index (χ1n) is 5.90. The van der Waals surface area contributed by atoms with Gasteiger partial charge in [-0.15, -0.1) is 0 Å². The van der Waals surface area contributed by atoms with Crippen LogP contribution in [0.25, 0.3) is 0 Å². The van der Waals surface area contributed by atoms with Crippen LogP contribution in [0.2, 0.25) is 0 Å². The molecule has 0 spiro atoms. The van der Waals surface area contributed by atoms with E-state index >= 15 is 0 Å². The summed E-state index contributed by atoms with van der Waals surface area (Å²) in [5, 5.41) is 5.64. The van der Waals surface area contributed by atoms with Crippen LogP contribution in [-0.4, -0.2) is 47.8 Å². The number of ether oxygens (including phenoxy) is 1. The lowest BCUT2D eigenvalue weighted by Crippen LogP contribution is -2.53. The SMILES string of the molecule is CC(C)(C)OC(=O)N1CCC2NC(=O)NC2C1. The standard InChI is InChI=1S/C11H19N3O3/c1-11(2,3)17-10(16)14-5-4-7-8(6-14)13-9(15)12-7/h7-8H,4-6H2,1-3H3,(H2,12,13,15). The summed E-state index contributed by atoms with van der Waals surface area (Å²) in [6, 6.07) is -0.00371. The smallest absolute Gasteiger partial charge is 0.410 e. The predicted molar refractivity (Wildman–Crippen MR) is 61.7 cm³/mol. The fourth-order valence-corrected chi connectivity index (χ4v) is 2.14. The lowest BCUT2D eigenvalue weighted by atomic mass is 10.0. The molecule has 0 aromatic heterocycles. The Labute approximate surface area is 101 Å². The third-order valence-electron chi connectivity index (χ3n) is 2.90. The van der Waals surface area contributed by atoms with E-state index in [9.17, 15) is 9.59 Å². The number of nitrogens with one attached hydrogen (secondary N) is 2. The molecule has 0 bridgehead atoms. The second-order valence-electron chi connectivity index (χ2n) is 5.55. The third-order valence-corrected chi connectivity index (χ3v) is 2.90.